The van der Waals surface area contributed by atoms with Gasteiger partial charge in [-0.2, -0.15) is 18.3 Å². The van der Waals surface area contributed by atoms with E-state index in [2.05, 4.69) is 20.4 Å². The Morgan fingerprint density at radius 3 is 2.37 bits per heavy atom. The van der Waals surface area contributed by atoms with Crippen molar-refractivity contribution in [2.45, 2.75) is 76.6 Å². The van der Waals surface area contributed by atoms with E-state index in [0.717, 1.165) is 11.8 Å². The summed E-state index contributed by atoms with van der Waals surface area (Å²) in [5, 5.41) is 7.41. The molecule has 1 aromatic carbocycles. The predicted octanol–water partition coefficient (Wildman–Crippen LogP) is 5.60. The topological polar surface area (TPSA) is 128 Å². The van der Waals surface area contributed by atoms with Gasteiger partial charge in [-0.25, -0.2) is 14.8 Å². The molecule has 1 atom stereocenters. The van der Waals surface area contributed by atoms with Gasteiger partial charge in [0.1, 0.15) is 5.60 Å². The third-order valence-electron chi connectivity index (χ3n) is 8.03. The summed E-state index contributed by atoms with van der Waals surface area (Å²) in [6.45, 7) is 6.50. The van der Waals surface area contributed by atoms with Crippen LogP contribution in [-0.2, 0) is 22.1 Å². The number of primary amides is 1. The maximum Gasteiger partial charge on any atom is 0.419 e. The van der Waals surface area contributed by atoms with E-state index >= 15 is 0 Å². The summed E-state index contributed by atoms with van der Waals surface area (Å²) < 4.78 is 49.9. The molecule has 1 saturated carbocycles. The van der Waals surface area contributed by atoms with Crippen LogP contribution >= 0.6 is 0 Å². The zero-order valence-electron chi connectivity index (χ0n) is 24.4. The lowest BCUT2D eigenvalue weighted by Crippen LogP contribution is -2.42. The molecule has 0 bridgehead atoms. The molecule has 1 saturated heterocycles. The van der Waals surface area contributed by atoms with Gasteiger partial charge in [-0.3, -0.25) is 9.48 Å². The van der Waals surface area contributed by atoms with Gasteiger partial charge in [0.25, 0.3) is 0 Å². The number of hydrogen-bond donors (Lipinski definition) is 2. The molecule has 10 nitrogen and oxygen atoms in total. The molecule has 0 radical (unpaired) electrons. The van der Waals surface area contributed by atoms with Crippen molar-refractivity contribution >= 4 is 23.6 Å². The van der Waals surface area contributed by atoms with E-state index < -0.39 is 34.6 Å². The molecule has 3 heterocycles. The van der Waals surface area contributed by atoms with Crippen molar-refractivity contribution in [1.82, 2.24) is 24.6 Å². The van der Waals surface area contributed by atoms with Crippen molar-refractivity contribution < 1.29 is 27.5 Å². The number of alkyl halides is 3. The number of anilines is 2. The Labute approximate surface area is 247 Å². The standard InChI is InChI=1S/C30H36F3N7O3/c1-28(2,3)43-27(42)39-13-9-21(10-14-39)40-18-20(16-36-40)37-26-35-17-23(30(31,32)33)24(38-26)22(29(11-12-29)25(34)41)15-19-7-5-4-6-8-19/h4-8,16-18,21-22H,9-15H2,1-3H3,(H2,34,41)(H,35,37,38). The molecule has 2 aromatic heterocycles. The Hall–Kier alpha value is -4.16. The summed E-state index contributed by atoms with van der Waals surface area (Å²) in [5.41, 5.74) is 4.10. The first-order valence-corrected chi connectivity index (χ1v) is 14.3. The first-order chi connectivity index (χ1) is 20.2. The number of piperidine rings is 1. The highest BCUT2D eigenvalue weighted by Crippen LogP contribution is 2.58. The Morgan fingerprint density at radius 1 is 1.12 bits per heavy atom. The van der Waals surface area contributed by atoms with Crippen molar-refractivity contribution in [1.29, 1.82) is 0 Å². The van der Waals surface area contributed by atoms with E-state index in [4.69, 9.17) is 10.5 Å². The number of carbonyl (C=O) groups is 2. The number of nitrogens with one attached hydrogen (secondary N) is 1. The van der Waals surface area contributed by atoms with Gasteiger partial charge >= 0.3 is 12.3 Å². The van der Waals surface area contributed by atoms with Gasteiger partial charge in [0.2, 0.25) is 11.9 Å². The summed E-state index contributed by atoms with van der Waals surface area (Å²) in [4.78, 5) is 34.9. The first-order valence-electron chi connectivity index (χ1n) is 14.3. The zero-order chi connectivity index (χ0) is 31.0. The first kappa shape index (κ1) is 30.3. The fourth-order valence-electron chi connectivity index (χ4n) is 5.61. The normalized spacial score (nSPS) is 17.8. The molecule has 2 aliphatic rings. The fourth-order valence-corrected chi connectivity index (χ4v) is 5.61. The average molecular weight is 600 g/mol. The van der Waals surface area contributed by atoms with Crippen LogP contribution < -0.4 is 11.1 Å². The van der Waals surface area contributed by atoms with Gasteiger partial charge < -0.3 is 20.7 Å². The third kappa shape index (κ3) is 6.91. The number of ether oxygens (including phenoxy) is 1. The smallest absolute Gasteiger partial charge is 0.419 e. The second kappa shape index (κ2) is 11.5. The number of rotatable bonds is 8. The fraction of sp³-hybridized carbons (Fsp3) is 0.500. The summed E-state index contributed by atoms with van der Waals surface area (Å²) in [7, 11) is 0. The maximum absolute atomic E-state index is 14.2. The molecular weight excluding hydrogens is 563 g/mol. The van der Waals surface area contributed by atoms with Crippen LogP contribution in [-0.4, -0.2) is 55.3 Å². The van der Waals surface area contributed by atoms with Gasteiger partial charge in [-0.1, -0.05) is 30.3 Å². The lowest BCUT2D eigenvalue weighted by Gasteiger charge is -2.33. The van der Waals surface area contributed by atoms with E-state index in [1.807, 2.05) is 39.0 Å². The summed E-state index contributed by atoms with van der Waals surface area (Å²) in [6, 6.07) is 9.06. The summed E-state index contributed by atoms with van der Waals surface area (Å²) >= 11 is 0. The van der Waals surface area contributed by atoms with Gasteiger partial charge in [-0.05, 0) is 58.4 Å². The van der Waals surface area contributed by atoms with Crippen molar-refractivity contribution in [2.75, 3.05) is 18.4 Å². The number of halogens is 3. The molecule has 2 amide bonds. The largest absolute Gasteiger partial charge is 0.444 e. The zero-order valence-corrected chi connectivity index (χ0v) is 24.4. The molecule has 230 valence electrons. The van der Waals surface area contributed by atoms with Crippen LogP contribution in [0.25, 0.3) is 0 Å². The number of carbonyl (C=O) groups excluding carboxylic acids is 2. The summed E-state index contributed by atoms with van der Waals surface area (Å²) in [6.07, 6.45) is 1.26. The third-order valence-corrected chi connectivity index (χ3v) is 8.03. The van der Waals surface area contributed by atoms with Gasteiger partial charge in [-0.15, -0.1) is 0 Å². The molecule has 3 aromatic rings. The minimum atomic E-state index is -4.73. The molecular formula is C30H36F3N7O3. The van der Waals surface area contributed by atoms with Gasteiger partial charge in [0.15, 0.2) is 0 Å². The van der Waals surface area contributed by atoms with Gasteiger partial charge in [0, 0.05) is 31.4 Å². The number of aromatic nitrogens is 4. The lowest BCUT2D eigenvalue weighted by molar-refractivity contribution is -0.139. The molecule has 3 N–H and O–H groups in total. The monoisotopic (exact) mass is 599 g/mol. The van der Waals surface area contributed by atoms with E-state index in [9.17, 15) is 22.8 Å². The SMILES string of the molecule is CC(C)(C)OC(=O)N1CCC(n2cc(Nc3ncc(C(F)(F)F)c(C(Cc4ccccc4)C4(C(N)=O)CC4)n3)cn2)CC1. The number of nitrogens with two attached hydrogens (primary N) is 1. The number of hydrogen-bond acceptors (Lipinski definition) is 7. The highest BCUT2D eigenvalue weighted by atomic mass is 19.4. The van der Waals surface area contributed by atoms with E-state index in [0.29, 0.717) is 44.5 Å². The number of benzene rings is 1. The molecule has 13 heteroatoms. The Bertz CT molecular complexity index is 1460. The Balaban J connectivity index is 1.36. The Morgan fingerprint density at radius 2 is 1.79 bits per heavy atom. The maximum atomic E-state index is 14.2. The van der Waals surface area contributed by atoms with Crippen molar-refractivity contribution in [2.24, 2.45) is 11.1 Å². The second-order valence-corrected chi connectivity index (χ2v) is 12.3. The Kier molecular flexibility index (Phi) is 8.10. The van der Waals surface area contributed by atoms with Crippen molar-refractivity contribution in [3.63, 3.8) is 0 Å². The number of amides is 2. The molecule has 43 heavy (non-hydrogen) atoms. The minimum Gasteiger partial charge on any atom is -0.444 e. The van der Waals surface area contributed by atoms with Crippen molar-refractivity contribution in [3.05, 3.63) is 65.7 Å². The molecule has 5 rings (SSSR count). The summed E-state index contributed by atoms with van der Waals surface area (Å²) in [5.74, 6) is -1.56. The van der Waals surface area contributed by atoms with Crippen molar-refractivity contribution in [3.8, 4) is 0 Å². The average Bonchev–Trinajstić information content (AvgIpc) is 3.63. The second-order valence-electron chi connectivity index (χ2n) is 12.3. The molecule has 2 fully saturated rings. The van der Waals surface area contributed by atoms with Crippen LogP contribution in [0.1, 0.15) is 75.2 Å². The van der Waals surface area contributed by atoms with Crippen LogP contribution in [0.3, 0.4) is 0 Å². The quantitative estimate of drug-likeness (QED) is 0.345. The van der Waals surface area contributed by atoms with E-state index in [1.165, 1.54) is 0 Å². The van der Waals surface area contributed by atoms with Crippen LogP contribution in [0.15, 0.2) is 48.9 Å². The van der Waals surface area contributed by atoms with E-state index in [-0.39, 0.29) is 30.2 Å². The van der Waals surface area contributed by atoms with Crippen LogP contribution in [0.2, 0.25) is 0 Å². The lowest BCUT2D eigenvalue weighted by atomic mass is 9.79. The van der Waals surface area contributed by atoms with Crippen LogP contribution in [0, 0.1) is 5.41 Å². The highest BCUT2D eigenvalue weighted by molar-refractivity contribution is 5.85. The minimum absolute atomic E-state index is 0.0267. The highest BCUT2D eigenvalue weighted by Gasteiger charge is 2.57. The molecule has 0 spiro atoms. The van der Waals surface area contributed by atoms with E-state index in [1.54, 1.807) is 34.1 Å². The van der Waals surface area contributed by atoms with Gasteiger partial charge in [0.05, 0.1) is 34.6 Å². The molecule has 1 unspecified atom stereocenters. The number of nitrogens with zero attached hydrogens (tertiary/aromatic N) is 5. The van der Waals surface area contributed by atoms with Crippen LogP contribution in [0.4, 0.5) is 29.6 Å². The molecule has 1 aliphatic carbocycles. The molecule has 1 aliphatic heterocycles. The van der Waals surface area contributed by atoms with Crippen LogP contribution in [0.5, 0.6) is 0 Å². The predicted molar refractivity (Wildman–Crippen MR) is 152 cm³/mol. The number of likely N-dealkylation sites (tertiary alicyclic amines) is 1.